The van der Waals surface area contributed by atoms with Gasteiger partial charge in [0.2, 0.25) is 0 Å². The number of fused-ring (bicyclic) bond motifs is 2. The molecule has 0 saturated heterocycles. The predicted molar refractivity (Wildman–Crippen MR) is 193 cm³/mol. The Hall–Kier alpha value is -1.18. The van der Waals surface area contributed by atoms with Crippen molar-refractivity contribution in [3.05, 3.63) is 105 Å². The monoisotopic (exact) mass is 707 g/mol. The summed E-state index contributed by atoms with van der Waals surface area (Å²) in [6, 6.07) is 23.0. The molecule has 3 aromatic carbocycles. The van der Waals surface area contributed by atoms with E-state index in [2.05, 4.69) is 141 Å². The van der Waals surface area contributed by atoms with Crippen LogP contribution in [-0.2, 0) is 21.0 Å². The van der Waals surface area contributed by atoms with Gasteiger partial charge in [-0.2, -0.15) is 0 Å². The van der Waals surface area contributed by atoms with E-state index in [-0.39, 0.29) is 12.7 Å². The van der Waals surface area contributed by atoms with Crippen molar-refractivity contribution in [3.63, 3.8) is 0 Å². The van der Waals surface area contributed by atoms with Gasteiger partial charge in [-0.15, -0.1) is 0 Å². The van der Waals surface area contributed by atoms with Crippen molar-refractivity contribution < 1.29 is 15.6 Å². The number of benzene rings is 3. The van der Waals surface area contributed by atoms with Crippen molar-refractivity contribution in [2.75, 3.05) is 0 Å². The summed E-state index contributed by atoms with van der Waals surface area (Å²) in [6.07, 6.45) is 7.19. The molecule has 2 aliphatic carbocycles. The molecule has 0 bridgehead atoms. The molecule has 229 valence electrons. The second-order valence-corrected chi connectivity index (χ2v) is 57.4. The maximum absolute atomic E-state index is 8.58. The van der Waals surface area contributed by atoms with Gasteiger partial charge in [0.1, 0.15) is 0 Å². The van der Waals surface area contributed by atoms with E-state index < -0.39 is 21.5 Å². The zero-order chi connectivity index (χ0) is 31.5. The molecule has 5 rings (SSSR count). The maximum atomic E-state index is 8.58. The Kier molecular flexibility index (Phi) is 9.17. The fourth-order valence-electron chi connectivity index (χ4n) is 7.90. The van der Waals surface area contributed by atoms with Gasteiger partial charge >= 0.3 is 273 Å². The van der Waals surface area contributed by atoms with Crippen LogP contribution in [0.15, 0.2) is 71.8 Å². The molecule has 4 unspecified atom stereocenters. The van der Waals surface area contributed by atoms with Crippen LogP contribution in [-0.4, -0.2) is 5.92 Å². The van der Waals surface area contributed by atoms with Crippen molar-refractivity contribution >= 4 is 35.1 Å². The zero-order valence-electron chi connectivity index (χ0n) is 28.0. The molecular formula is C39H51Cl2SiZr. The SMILES string of the molecule is CCC(C)C1=Cc2c(C(C)CC)cccc2[CH]1[Zr]([Cl])([Cl])([CH]1C(C)=Cc2c(-c3ccc(C(C)(C)C)cc3)cccc21)[SiH](C)C. The second kappa shape index (κ2) is 11.9. The van der Waals surface area contributed by atoms with Crippen LogP contribution in [0.25, 0.3) is 23.3 Å². The van der Waals surface area contributed by atoms with Crippen LogP contribution in [0.1, 0.15) is 115 Å². The predicted octanol–water partition coefficient (Wildman–Crippen LogP) is 12.8. The number of halogens is 2. The molecule has 0 nitrogen and oxygen atoms in total. The van der Waals surface area contributed by atoms with Gasteiger partial charge < -0.3 is 0 Å². The van der Waals surface area contributed by atoms with Gasteiger partial charge in [-0.3, -0.25) is 0 Å². The second-order valence-electron chi connectivity index (χ2n) is 14.9. The molecule has 0 aliphatic heterocycles. The molecule has 0 N–H and O–H groups in total. The number of hydrogen-bond acceptors (Lipinski definition) is 0. The van der Waals surface area contributed by atoms with Crippen molar-refractivity contribution in [2.45, 2.75) is 99.9 Å². The Morgan fingerprint density at radius 3 is 1.91 bits per heavy atom. The van der Waals surface area contributed by atoms with Gasteiger partial charge in [-0.05, 0) is 0 Å². The van der Waals surface area contributed by atoms with Crippen LogP contribution >= 0.6 is 17.0 Å². The molecule has 0 aromatic heterocycles. The van der Waals surface area contributed by atoms with Crippen molar-refractivity contribution in [2.24, 2.45) is 5.92 Å². The number of hydrogen-bond donors (Lipinski definition) is 0. The van der Waals surface area contributed by atoms with Crippen LogP contribution in [0.2, 0.25) is 13.1 Å². The summed E-state index contributed by atoms with van der Waals surface area (Å²) >= 11 is -4.73. The van der Waals surface area contributed by atoms with E-state index in [1.807, 2.05) is 0 Å². The molecule has 0 saturated carbocycles. The Bertz CT molecular complexity index is 1590. The molecule has 0 fully saturated rings. The topological polar surface area (TPSA) is 0 Å². The number of allylic oxidation sites excluding steroid dienone is 2. The first-order valence-corrected chi connectivity index (χ1v) is 32.8. The van der Waals surface area contributed by atoms with Gasteiger partial charge in [0.25, 0.3) is 0 Å². The minimum atomic E-state index is -4.73. The van der Waals surface area contributed by atoms with E-state index in [0.29, 0.717) is 11.8 Å². The third kappa shape index (κ3) is 5.39. The quantitative estimate of drug-likeness (QED) is 0.204. The van der Waals surface area contributed by atoms with Crippen LogP contribution < -0.4 is 0 Å². The summed E-state index contributed by atoms with van der Waals surface area (Å²) in [5.41, 5.74) is 13.9. The molecule has 0 heterocycles. The summed E-state index contributed by atoms with van der Waals surface area (Å²) < 4.78 is 0.273. The first kappa shape index (κ1) is 33.2. The molecule has 4 atom stereocenters. The van der Waals surface area contributed by atoms with E-state index in [1.165, 1.54) is 55.7 Å². The standard InChI is InChI=1S/C20H21.C17H23.C2H7Si.2ClH.Zr/c1-14-12-16-6-5-7-18(19(16)13-14)15-8-10-17(11-9-15)20(2,3)4;1-5-12(3)15-10-14-8-7-9-16(13(4)6-2)17(14)11-15;1-3-2;;;/h5-13H,1-4H3;7-13H,5-6H2,1-4H3;3H,1-2H3;2*1H;/q;;;;;+2/p-2. The Morgan fingerprint density at radius 2 is 1.35 bits per heavy atom. The van der Waals surface area contributed by atoms with Crippen molar-refractivity contribution in [3.8, 4) is 11.1 Å². The van der Waals surface area contributed by atoms with E-state index in [1.54, 1.807) is 0 Å². The molecule has 0 spiro atoms. The average Bonchev–Trinajstić information content (AvgIpc) is 3.54. The van der Waals surface area contributed by atoms with Gasteiger partial charge in [0.05, 0.1) is 0 Å². The molecule has 3 aromatic rings. The molecule has 2 aliphatic rings. The van der Waals surface area contributed by atoms with Crippen molar-refractivity contribution in [1.29, 1.82) is 0 Å². The third-order valence-corrected chi connectivity index (χ3v) is 63.0. The average molecular weight is 710 g/mol. The molecule has 0 amide bonds. The van der Waals surface area contributed by atoms with Gasteiger partial charge in [0.15, 0.2) is 0 Å². The first-order valence-electron chi connectivity index (χ1n) is 16.5. The van der Waals surface area contributed by atoms with Gasteiger partial charge in [-0.25, -0.2) is 0 Å². The van der Waals surface area contributed by atoms with Crippen LogP contribution in [0, 0.1) is 5.92 Å². The van der Waals surface area contributed by atoms with E-state index in [0.717, 1.165) is 12.8 Å². The normalized spacial score (nSPS) is 20.6. The summed E-state index contributed by atoms with van der Waals surface area (Å²) in [7, 11) is 17.2. The first-order chi connectivity index (χ1) is 20.1. The Balaban J connectivity index is 1.72. The van der Waals surface area contributed by atoms with Crippen LogP contribution in [0.4, 0.5) is 0 Å². The Labute approximate surface area is 270 Å². The van der Waals surface area contributed by atoms with Gasteiger partial charge in [-0.1, -0.05) is 0 Å². The van der Waals surface area contributed by atoms with Crippen LogP contribution in [0.5, 0.6) is 0 Å². The fraction of sp³-hybridized carbons (Fsp3) is 0.436. The molecule has 4 heteroatoms. The van der Waals surface area contributed by atoms with Crippen LogP contribution in [0.3, 0.4) is 0 Å². The van der Waals surface area contributed by atoms with Gasteiger partial charge in [0, 0.05) is 0 Å². The number of rotatable bonds is 8. The molecule has 0 radical (unpaired) electrons. The summed E-state index contributed by atoms with van der Waals surface area (Å²) in [5, 5.41) is 0. The summed E-state index contributed by atoms with van der Waals surface area (Å²) in [6.45, 7) is 23.4. The minimum absolute atomic E-state index is 0.121. The molecule has 43 heavy (non-hydrogen) atoms. The molecular weight excluding hydrogens is 659 g/mol. The summed E-state index contributed by atoms with van der Waals surface area (Å²) in [4.78, 5) is 0. The Morgan fingerprint density at radius 1 is 0.767 bits per heavy atom. The zero-order valence-corrected chi connectivity index (χ0v) is 33.1. The fourth-order valence-corrected chi connectivity index (χ4v) is 40.0. The van der Waals surface area contributed by atoms with E-state index in [9.17, 15) is 0 Å². The third-order valence-electron chi connectivity index (χ3n) is 11.0. The van der Waals surface area contributed by atoms with Crippen molar-refractivity contribution in [1.82, 2.24) is 0 Å². The van der Waals surface area contributed by atoms with E-state index in [4.69, 9.17) is 17.0 Å². The summed E-state index contributed by atoms with van der Waals surface area (Å²) in [5.74, 6) is -0.624. The van der Waals surface area contributed by atoms with E-state index >= 15 is 0 Å².